The maximum Gasteiger partial charge on any atom is 0.282 e. The highest BCUT2D eigenvalue weighted by atomic mass is 79.9. The van der Waals surface area contributed by atoms with Crippen molar-refractivity contribution in [3.05, 3.63) is 122 Å². The SMILES string of the molecule is Cc1cc(C=Nn2c(C(C)C)nc3ccc(Br)cc3c2=O)c(C)n1-c1ccc(OCc2ccc(F)cc2)cc1. The fourth-order valence-corrected chi connectivity index (χ4v) is 4.89. The van der Waals surface area contributed by atoms with E-state index in [1.54, 1.807) is 24.4 Å². The van der Waals surface area contributed by atoms with Gasteiger partial charge >= 0.3 is 0 Å². The first-order chi connectivity index (χ1) is 18.7. The van der Waals surface area contributed by atoms with E-state index in [0.29, 0.717) is 23.3 Å². The summed E-state index contributed by atoms with van der Waals surface area (Å²) in [6.07, 6.45) is 1.72. The summed E-state index contributed by atoms with van der Waals surface area (Å²) >= 11 is 3.45. The quantitative estimate of drug-likeness (QED) is 0.188. The van der Waals surface area contributed by atoms with Crippen molar-refractivity contribution in [2.75, 3.05) is 0 Å². The van der Waals surface area contributed by atoms with Crippen molar-refractivity contribution in [3.63, 3.8) is 0 Å². The molecular weight excluding hydrogens is 559 g/mol. The fraction of sp³-hybridized carbons (Fsp3) is 0.194. The van der Waals surface area contributed by atoms with Gasteiger partial charge in [-0.1, -0.05) is 41.9 Å². The molecule has 39 heavy (non-hydrogen) atoms. The predicted molar refractivity (Wildman–Crippen MR) is 157 cm³/mol. The third kappa shape index (κ3) is 5.56. The van der Waals surface area contributed by atoms with Gasteiger partial charge in [0.15, 0.2) is 0 Å². The van der Waals surface area contributed by atoms with E-state index in [1.165, 1.54) is 16.8 Å². The third-order valence-electron chi connectivity index (χ3n) is 6.55. The van der Waals surface area contributed by atoms with Crippen molar-refractivity contribution in [3.8, 4) is 11.4 Å². The fourth-order valence-electron chi connectivity index (χ4n) is 4.53. The average molecular weight is 587 g/mol. The second-order valence-electron chi connectivity index (χ2n) is 9.72. The van der Waals surface area contributed by atoms with Gasteiger partial charge in [-0.2, -0.15) is 9.78 Å². The van der Waals surface area contributed by atoms with E-state index >= 15 is 0 Å². The molecule has 0 bridgehead atoms. The number of hydrogen-bond acceptors (Lipinski definition) is 4. The molecule has 2 aromatic heterocycles. The van der Waals surface area contributed by atoms with Crippen LogP contribution in [-0.4, -0.2) is 20.4 Å². The lowest BCUT2D eigenvalue weighted by molar-refractivity contribution is 0.306. The summed E-state index contributed by atoms with van der Waals surface area (Å²) in [6, 6.07) is 21.6. The summed E-state index contributed by atoms with van der Waals surface area (Å²) in [7, 11) is 0. The molecule has 0 spiro atoms. The molecule has 8 heteroatoms. The molecule has 0 radical (unpaired) electrons. The van der Waals surface area contributed by atoms with Crippen molar-refractivity contribution in [2.45, 2.75) is 40.2 Å². The van der Waals surface area contributed by atoms with Gasteiger partial charge in [-0.05, 0) is 80.1 Å². The Morgan fingerprint density at radius 1 is 1.03 bits per heavy atom. The van der Waals surface area contributed by atoms with Crippen LogP contribution in [0.3, 0.4) is 0 Å². The standard InChI is InChI=1S/C31H28BrFN4O2/c1-19(2)30-35-29-14-7-24(32)16-28(29)31(38)37(30)34-17-23-15-20(3)36(21(23)4)26-10-12-27(13-11-26)39-18-22-5-8-25(33)9-6-22/h5-17,19H,18H2,1-4H3. The molecule has 0 aliphatic carbocycles. The Morgan fingerprint density at radius 3 is 2.44 bits per heavy atom. The third-order valence-corrected chi connectivity index (χ3v) is 7.04. The van der Waals surface area contributed by atoms with Gasteiger partial charge in [0.2, 0.25) is 0 Å². The maximum atomic E-state index is 13.4. The molecule has 6 nitrogen and oxygen atoms in total. The van der Waals surface area contributed by atoms with E-state index in [1.807, 2.05) is 70.2 Å². The molecule has 0 amide bonds. The van der Waals surface area contributed by atoms with Crippen molar-refractivity contribution in [1.29, 1.82) is 0 Å². The molecule has 0 aliphatic rings. The van der Waals surface area contributed by atoms with Crippen molar-refractivity contribution >= 4 is 33.0 Å². The lowest BCUT2D eigenvalue weighted by Crippen LogP contribution is -2.23. The van der Waals surface area contributed by atoms with Gasteiger partial charge in [0.1, 0.15) is 24.0 Å². The van der Waals surface area contributed by atoms with Crippen LogP contribution in [0.1, 0.15) is 48.1 Å². The Morgan fingerprint density at radius 2 is 1.74 bits per heavy atom. The minimum absolute atomic E-state index is 0.0131. The number of fused-ring (bicyclic) bond motifs is 1. The van der Waals surface area contributed by atoms with Gasteiger partial charge in [0, 0.05) is 33.0 Å². The Labute approximate surface area is 234 Å². The zero-order chi connectivity index (χ0) is 27.7. The molecule has 0 aliphatic heterocycles. The number of nitrogens with zero attached hydrogens (tertiary/aromatic N) is 4. The molecule has 2 heterocycles. The van der Waals surface area contributed by atoms with E-state index in [4.69, 9.17) is 9.72 Å². The van der Waals surface area contributed by atoms with E-state index in [9.17, 15) is 9.18 Å². The summed E-state index contributed by atoms with van der Waals surface area (Å²) in [4.78, 5) is 18.1. The van der Waals surface area contributed by atoms with Crippen LogP contribution in [0.5, 0.6) is 5.75 Å². The number of hydrogen-bond donors (Lipinski definition) is 0. The number of benzene rings is 3. The van der Waals surface area contributed by atoms with E-state index in [-0.39, 0.29) is 17.3 Å². The zero-order valence-electron chi connectivity index (χ0n) is 22.2. The molecule has 0 N–H and O–H groups in total. The van der Waals surface area contributed by atoms with E-state index < -0.39 is 0 Å². The summed E-state index contributed by atoms with van der Waals surface area (Å²) in [5, 5.41) is 5.12. The molecule has 0 fully saturated rings. The molecule has 198 valence electrons. The molecule has 0 saturated heterocycles. The topological polar surface area (TPSA) is 61.4 Å². The van der Waals surface area contributed by atoms with Crippen LogP contribution in [0.2, 0.25) is 0 Å². The van der Waals surface area contributed by atoms with Crippen LogP contribution >= 0.6 is 15.9 Å². The Kier molecular flexibility index (Phi) is 7.48. The monoisotopic (exact) mass is 586 g/mol. The van der Waals surface area contributed by atoms with Crippen LogP contribution < -0.4 is 10.3 Å². The van der Waals surface area contributed by atoms with Crippen molar-refractivity contribution < 1.29 is 9.13 Å². The van der Waals surface area contributed by atoms with Crippen LogP contribution in [0.15, 0.2) is 87.2 Å². The average Bonchev–Trinajstić information content (AvgIpc) is 3.20. The van der Waals surface area contributed by atoms with Gasteiger partial charge < -0.3 is 9.30 Å². The molecule has 0 saturated carbocycles. The number of rotatable bonds is 7. The first-order valence-corrected chi connectivity index (χ1v) is 13.4. The summed E-state index contributed by atoms with van der Waals surface area (Å²) in [5.41, 5.74) is 5.26. The summed E-state index contributed by atoms with van der Waals surface area (Å²) in [5.74, 6) is 1.08. The van der Waals surface area contributed by atoms with Crippen LogP contribution in [0.4, 0.5) is 4.39 Å². The Bertz CT molecular complexity index is 1740. The molecule has 5 aromatic rings. The highest BCUT2D eigenvalue weighted by molar-refractivity contribution is 9.10. The summed E-state index contributed by atoms with van der Waals surface area (Å²) in [6.45, 7) is 8.41. The number of aromatic nitrogens is 3. The zero-order valence-corrected chi connectivity index (χ0v) is 23.7. The number of aryl methyl sites for hydroxylation is 1. The normalized spacial score (nSPS) is 11.7. The second kappa shape index (κ2) is 11.0. The second-order valence-corrected chi connectivity index (χ2v) is 10.6. The van der Waals surface area contributed by atoms with Gasteiger partial charge in [0.25, 0.3) is 5.56 Å². The van der Waals surface area contributed by atoms with Crippen LogP contribution in [-0.2, 0) is 6.61 Å². The predicted octanol–water partition coefficient (Wildman–Crippen LogP) is 7.29. The molecular formula is C31H28BrFN4O2. The number of ether oxygens (including phenoxy) is 1. The van der Waals surface area contributed by atoms with E-state index in [2.05, 4.69) is 25.6 Å². The molecule has 0 unspecified atom stereocenters. The van der Waals surface area contributed by atoms with E-state index in [0.717, 1.165) is 38.4 Å². The highest BCUT2D eigenvalue weighted by Gasteiger charge is 2.15. The van der Waals surface area contributed by atoms with Crippen LogP contribution in [0, 0.1) is 19.7 Å². The van der Waals surface area contributed by atoms with Crippen LogP contribution in [0.25, 0.3) is 16.6 Å². The lowest BCUT2D eigenvalue weighted by Gasteiger charge is -2.12. The minimum Gasteiger partial charge on any atom is -0.489 e. The first-order valence-electron chi connectivity index (χ1n) is 12.6. The van der Waals surface area contributed by atoms with Gasteiger partial charge in [0.05, 0.1) is 17.1 Å². The lowest BCUT2D eigenvalue weighted by atomic mass is 10.2. The minimum atomic E-state index is -0.264. The molecule has 5 rings (SSSR count). The maximum absolute atomic E-state index is 13.4. The number of halogens is 2. The molecule has 0 atom stereocenters. The van der Waals surface area contributed by atoms with Crippen molar-refractivity contribution in [1.82, 2.24) is 14.2 Å². The smallest absolute Gasteiger partial charge is 0.282 e. The summed E-state index contributed by atoms with van der Waals surface area (Å²) < 4.78 is 23.3. The Balaban J connectivity index is 1.42. The van der Waals surface area contributed by atoms with Crippen molar-refractivity contribution in [2.24, 2.45) is 5.10 Å². The first kappa shape index (κ1) is 26.6. The molecule has 3 aromatic carbocycles. The highest BCUT2D eigenvalue weighted by Crippen LogP contribution is 2.23. The van der Waals surface area contributed by atoms with Gasteiger partial charge in [-0.25, -0.2) is 9.37 Å². The van der Waals surface area contributed by atoms with Gasteiger partial charge in [-0.15, -0.1) is 0 Å². The largest absolute Gasteiger partial charge is 0.489 e. The Hall–Kier alpha value is -4.04. The van der Waals surface area contributed by atoms with Gasteiger partial charge in [-0.3, -0.25) is 4.79 Å².